The molecule has 0 bridgehead atoms. The minimum atomic E-state index is 1.00. The number of unbranched alkanes of at least 4 members (excludes halogenated alkanes) is 1. The van der Waals surface area contributed by atoms with Gasteiger partial charge in [0.1, 0.15) is 0 Å². The molecule has 1 unspecified atom stereocenters. The van der Waals surface area contributed by atoms with E-state index in [2.05, 4.69) is 26.1 Å². The van der Waals surface area contributed by atoms with Gasteiger partial charge >= 0.3 is 0 Å². The van der Waals surface area contributed by atoms with Crippen molar-refractivity contribution in [2.24, 2.45) is 11.8 Å². The Morgan fingerprint density at radius 1 is 1.14 bits per heavy atom. The van der Waals surface area contributed by atoms with Crippen LogP contribution in [0.3, 0.4) is 0 Å². The maximum atomic E-state index is 2.47. The molecule has 0 radical (unpaired) electrons. The van der Waals surface area contributed by atoms with E-state index >= 15 is 0 Å². The molecule has 0 aromatic heterocycles. The number of hydrogen-bond acceptors (Lipinski definition) is 0. The van der Waals surface area contributed by atoms with E-state index in [1.54, 1.807) is 0 Å². The van der Waals surface area contributed by atoms with Crippen LogP contribution in [0.1, 0.15) is 32.6 Å². The molecule has 0 spiro atoms. The molecule has 1 heteroatoms. The van der Waals surface area contributed by atoms with Crippen LogP contribution in [0.25, 0.3) is 0 Å². The van der Waals surface area contributed by atoms with E-state index in [1.165, 1.54) is 49.8 Å². The largest absolute Gasteiger partial charge is 0.326 e. The molecule has 1 fully saturated rings. The number of likely N-dealkylation sites (tertiary alicyclic amines) is 1. The molecule has 80 valence electrons. The molecule has 3 atom stereocenters. The van der Waals surface area contributed by atoms with Gasteiger partial charge in [0.25, 0.3) is 0 Å². The van der Waals surface area contributed by atoms with Crippen molar-refractivity contribution >= 4 is 0 Å². The summed E-state index contributed by atoms with van der Waals surface area (Å²) in [4.78, 5) is 0. The minimum absolute atomic E-state index is 1.00. The standard InChI is InChI=1S/C13H24N/c1-3-4-9-14(2)10-12-7-5-6-8-13(12)11-14/h5-6,12-13H,3-4,7-11H2,1-2H3/q+1/t12-,13+,14?. The molecule has 0 saturated carbocycles. The van der Waals surface area contributed by atoms with Crippen molar-refractivity contribution in [2.75, 3.05) is 26.7 Å². The Morgan fingerprint density at radius 2 is 1.71 bits per heavy atom. The number of allylic oxidation sites excluding steroid dienone is 2. The predicted molar refractivity (Wildman–Crippen MR) is 61.0 cm³/mol. The third-order valence-electron chi connectivity index (χ3n) is 4.11. The van der Waals surface area contributed by atoms with E-state index in [0.29, 0.717) is 0 Å². The van der Waals surface area contributed by atoms with Crippen LogP contribution in [0.15, 0.2) is 12.2 Å². The van der Waals surface area contributed by atoms with Gasteiger partial charge in [-0.2, -0.15) is 0 Å². The molecule has 1 aliphatic heterocycles. The van der Waals surface area contributed by atoms with Gasteiger partial charge in [-0.3, -0.25) is 0 Å². The molecule has 2 aliphatic rings. The summed E-state index contributed by atoms with van der Waals surface area (Å²) in [5.74, 6) is 2.00. The van der Waals surface area contributed by atoms with E-state index in [-0.39, 0.29) is 0 Å². The van der Waals surface area contributed by atoms with Crippen LogP contribution in [-0.4, -0.2) is 31.2 Å². The zero-order valence-electron chi connectivity index (χ0n) is 9.71. The van der Waals surface area contributed by atoms with Crippen molar-refractivity contribution in [1.29, 1.82) is 0 Å². The van der Waals surface area contributed by atoms with Crippen LogP contribution in [0.5, 0.6) is 0 Å². The van der Waals surface area contributed by atoms with Gasteiger partial charge in [0.15, 0.2) is 0 Å². The Kier molecular flexibility index (Phi) is 2.96. The van der Waals surface area contributed by atoms with Crippen molar-refractivity contribution in [3.8, 4) is 0 Å². The highest BCUT2D eigenvalue weighted by Crippen LogP contribution is 2.36. The first kappa shape index (κ1) is 10.2. The fourth-order valence-electron chi connectivity index (χ4n) is 3.30. The molecule has 1 nitrogen and oxygen atoms in total. The third-order valence-corrected chi connectivity index (χ3v) is 4.11. The lowest BCUT2D eigenvalue weighted by Crippen LogP contribution is -2.42. The first-order chi connectivity index (χ1) is 6.73. The fourth-order valence-corrected chi connectivity index (χ4v) is 3.30. The SMILES string of the molecule is CCCC[N+]1(C)C[C@H]2CC=CC[C@H]2C1. The molecule has 2 rings (SSSR count). The Bertz CT molecular complexity index is 203. The van der Waals surface area contributed by atoms with E-state index in [4.69, 9.17) is 0 Å². The highest BCUT2D eigenvalue weighted by Gasteiger charge is 2.41. The average molecular weight is 194 g/mol. The second-order valence-electron chi connectivity index (χ2n) is 5.52. The highest BCUT2D eigenvalue weighted by molar-refractivity contribution is 4.96. The molecule has 0 aromatic rings. The van der Waals surface area contributed by atoms with Crippen molar-refractivity contribution < 1.29 is 4.48 Å². The summed E-state index contributed by atoms with van der Waals surface area (Å²) < 4.78 is 1.35. The Morgan fingerprint density at radius 3 is 2.21 bits per heavy atom. The second kappa shape index (κ2) is 4.06. The predicted octanol–water partition coefficient (Wildman–Crippen LogP) is 2.83. The van der Waals surface area contributed by atoms with E-state index in [1.807, 2.05) is 0 Å². The normalized spacial score (nSPS) is 41.3. The number of nitrogens with zero attached hydrogens (tertiary/aromatic N) is 1. The first-order valence-corrected chi connectivity index (χ1v) is 6.22. The van der Waals surface area contributed by atoms with Gasteiger partial charge < -0.3 is 4.48 Å². The smallest absolute Gasteiger partial charge is 0.0821 e. The van der Waals surface area contributed by atoms with Crippen LogP contribution >= 0.6 is 0 Å². The van der Waals surface area contributed by atoms with E-state index < -0.39 is 0 Å². The van der Waals surface area contributed by atoms with Gasteiger partial charge in [0.2, 0.25) is 0 Å². The van der Waals surface area contributed by atoms with Crippen LogP contribution in [0, 0.1) is 11.8 Å². The van der Waals surface area contributed by atoms with Crippen LogP contribution < -0.4 is 0 Å². The Balaban J connectivity index is 1.92. The van der Waals surface area contributed by atoms with Crippen LogP contribution in [0.2, 0.25) is 0 Å². The first-order valence-electron chi connectivity index (χ1n) is 6.22. The topological polar surface area (TPSA) is 0 Å². The molecule has 0 N–H and O–H groups in total. The van der Waals surface area contributed by atoms with E-state index in [0.717, 1.165) is 11.8 Å². The molecule has 0 amide bonds. The van der Waals surface area contributed by atoms with Crippen molar-refractivity contribution in [1.82, 2.24) is 0 Å². The monoisotopic (exact) mass is 194 g/mol. The van der Waals surface area contributed by atoms with Crippen molar-refractivity contribution in [2.45, 2.75) is 32.6 Å². The summed E-state index contributed by atoms with van der Waals surface area (Å²) in [6.07, 6.45) is 10.3. The van der Waals surface area contributed by atoms with Gasteiger partial charge in [-0.05, 0) is 19.3 Å². The van der Waals surface area contributed by atoms with Gasteiger partial charge in [-0.1, -0.05) is 25.5 Å². The third kappa shape index (κ3) is 2.03. The average Bonchev–Trinajstić information content (AvgIpc) is 2.51. The maximum absolute atomic E-state index is 2.47. The maximum Gasteiger partial charge on any atom is 0.0821 e. The Hall–Kier alpha value is -0.300. The highest BCUT2D eigenvalue weighted by atomic mass is 15.3. The lowest BCUT2D eigenvalue weighted by molar-refractivity contribution is -0.900. The number of fused-ring (bicyclic) bond motifs is 1. The summed E-state index contributed by atoms with van der Waals surface area (Å²) in [5, 5.41) is 0. The summed E-state index contributed by atoms with van der Waals surface area (Å²) in [5.41, 5.74) is 0. The fraction of sp³-hybridized carbons (Fsp3) is 0.846. The molecule has 0 aromatic carbocycles. The molecule has 1 saturated heterocycles. The number of quaternary nitrogens is 1. The summed E-state index contributed by atoms with van der Waals surface area (Å²) in [6.45, 7) is 6.59. The van der Waals surface area contributed by atoms with Gasteiger partial charge in [-0.15, -0.1) is 0 Å². The number of rotatable bonds is 3. The van der Waals surface area contributed by atoms with Crippen LogP contribution in [0.4, 0.5) is 0 Å². The summed E-state index contributed by atoms with van der Waals surface area (Å²) in [7, 11) is 2.47. The summed E-state index contributed by atoms with van der Waals surface area (Å²) in [6, 6.07) is 0. The van der Waals surface area contributed by atoms with Crippen molar-refractivity contribution in [3.05, 3.63) is 12.2 Å². The lowest BCUT2D eigenvalue weighted by Gasteiger charge is -2.29. The van der Waals surface area contributed by atoms with Gasteiger partial charge in [0.05, 0.1) is 26.7 Å². The zero-order valence-corrected chi connectivity index (χ0v) is 9.71. The molecule has 1 aliphatic carbocycles. The molecular weight excluding hydrogens is 170 g/mol. The van der Waals surface area contributed by atoms with Crippen LogP contribution in [-0.2, 0) is 0 Å². The van der Waals surface area contributed by atoms with E-state index in [9.17, 15) is 0 Å². The molecule has 14 heavy (non-hydrogen) atoms. The second-order valence-corrected chi connectivity index (χ2v) is 5.52. The van der Waals surface area contributed by atoms with Gasteiger partial charge in [0, 0.05) is 11.8 Å². The molecule has 1 heterocycles. The Labute approximate surface area is 88.4 Å². The van der Waals surface area contributed by atoms with Gasteiger partial charge in [-0.25, -0.2) is 0 Å². The summed E-state index contributed by atoms with van der Waals surface area (Å²) >= 11 is 0. The lowest BCUT2D eigenvalue weighted by atomic mass is 9.86. The van der Waals surface area contributed by atoms with Crippen molar-refractivity contribution in [3.63, 3.8) is 0 Å². The number of hydrogen-bond donors (Lipinski definition) is 0. The quantitative estimate of drug-likeness (QED) is 0.479. The molecular formula is C13H24N+. The zero-order chi connectivity index (χ0) is 10.0. The minimum Gasteiger partial charge on any atom is -0.326 e.